The molecule has 1 aromatic carbocycles. The van der Waals surface area contributed by atoms with Crippen LogP contribution in [0.3, 0.4) is 0 Å². The molecule has 0 radical (unpaired) electrons. The van der Waals surface area contributed by atoms with E-state index >= 15 is 0 Å². The molecule has 0 spiro atoms. The van der Waals surface area contributed by atoms with Crippen LogP contribution in [0.1, 0.15) is 33.6 Å². The van der Waals surface area contributed by atoms with Gasteiger partial charge in [0.05, 0.1) is 16.5 Å². The highest BCUT2D eigenvalue weighted by Crippen LogP contribution is 2.29. The summed E-state index contributed by atoms with van der Waals surface area (Å²) in [5, 5.41) is 1.02. The fraction of sp³-hybridized carbons (Fsp3) is 0.300. The Kier molecular flexibility index (Phi) is 3.67. The largest absolute Gasteiger partial charge is 0.356 e. The maximum absolute atomic E-state index is 12.6. The lowest BCUT2D eigenvalue weighted by Gasteiger charge is -2.34. The van der Waals surface area contributed by atoms with Gasteiger partial charge in [0.2, 0.25) is 0 Å². The van der Waals surface area contributed by atoms with Gasteiger partial charge >= 0.3 is 0 Å². The van der Waals surface area contributed by atoms with Crippen molar-refractivity contribution in [2.45, 2.75) is 12.8 Å². The molecule has 136 valence electrons. The van der Waals surface area contributed by atoms with Crippen molar-refractivity contribution in [3.05, 3.63) is 54.0 Å². The van der Waals surface area contributed by atoms with Crippen molar-refractivity contribution in [1.29, 1.82) is 0 Å². The summed E-state index contributed by atoms with van der Waals surface area (Å²) >= 11 is 0. The van der Waals surface area contributed by atoms with Gasteiger partial charge in [-0.2, -0.15) is 0 Å². The van der Waals surface area contributed by atoms with E-state index in [2.05, 4.69) is 19.9 Å². The van der Waals surface area contributed by atoms with Gasteiger partial charge in [-0.25, -0.2) is 9.97 Å². The zero-order valence-corrected chi connectivity index (χ0v) is 14.8. The normalized spacial score (nSPS) is 17.8. The molecule has 3 aromatic rings. The van der Waals surface area contributed by atoms with Gasteiger partial charge in [0.25, 0.3) is 11.8 Å². The highest BCUT2D eigenvalue weighted by atomic mass is 16.2. The molecule has 0 bridgehead atoms. The Bertz CT molecular complexity index is 1000. The number of nitrogens with one attached hydrogen (secondary N) is 1. The maximum Gasteiger partial charge on any atom is 0.261 e. The summed E-state index contributed by atoms with van der Waals surface area (Å²) in [6, 6.07) is 9.06. The van der Waals surface area contributed by atoms with E-state index in [1.165, 1.54) is 4.90 Å². The van der Waals surface area contributed by atoms with Crippen molar-refractivity contribution < 1.29 is 9.59 Å². The van der Waals surface area contributed by atoms with E-state index in [9.17, 15) is 9.59 Å². The molecule has 7 heteroatoms. The summed E-state index contributed by atoms with van der Waals surface area (Å²) in [4.78, 5) is 40.6. The van der Waals surface area contributed by atoms with Gasteiger partial charge in [0.15, 0.2) is 0 Å². The number of nitrogens with zero attached hydrogens (tertiary/aromatic N) is 4. The summed E-state index contributed by atoms with van der Waals surface area (Å²) < 4.78 is 0. The number of hydrogen-bond acceptors (Lipinski definition) is 5. The first-order chi connectivity index (χ1) is 13.2. The molecule has 1 saturated heterocycles. The van der Waals surface area contributed by atoms with Crippen LogP contribution >= 0.6 is 0 Å². The molecule has 2 aliphatic rings. The van der Waals surface area contributed by atoms with Crippen LogP contribution in [0.15, 0.2) is 42.9 Å². The van der Waals surface area contributed by atoms with Gasteiger partial charge in [0, 0.05) is 25.8 Å². The van der Waals surface area contributed by atoms with E-state index in [0.717, 1.165) is 42.8 Å². The monoisotopic (exact) mass is 361 g/mol. The number of rotatable bonds is 3. The lowest BCUT2D eigenvalue weighted by Crippen LogP contribution is -2.41. The summed E-state index contributed by atoms with van der Waals surface area (Å²) in [5.74, 6) is 0.929. The molecule has 2 aliphatic heterocycles. The third-order valence-electron chi connectivity index (χ3n) is 5.57. The van der Waals surface area contributed by atoms with Crippen molar-refractivity contribution in [2.75, 3.05) is 24.5 Å². The second kappa shape index (κ2) is 6.19. The second-order valence-corrected chi connectivity index (χ2v) is 7.13. The standard InChI is InChI=1S/C20H19N5O2/c26-19-14-3-1-2-4-15(14)20(27)25(19)11-13-6-9-24(10-7-13)18-16-5-8-21-17(16)22-12-23-18/h1-5,8,12-13H,6-7,9-11H2,(H,21,22,23). The number of aromatic nitrogens is 3. The number of benzene rings is 1. The number of anilines is 1. The Morgan fingerprint density at radius 1 is 1.00 bits per heavy atom. The van der Waals surface area contributed by atoms with Crippen LogP contribution in [0.2, 0.25) is 0 Å². The number of hydrogen-bond donors (Lipinski definition) is 1. The molecular weight excluding hydrogens is 342 g/mol. The number of carbonyl (C=O) groups is 2. The van der Waals surface area contributed by atoms with E-state index in [0.29, 0.717) is 23.6 Å². The number of amides is 2. The molecule has 0 saturated carbocycles. The van der Waals surface area contributed by atoms with Gasteiger partial charge in [-0.05, 0) is 37.0 Å². The van der Waals surface area contributed by atoms with Crippen LogP contribution in [0.4, 0.5) is 5.82 Å². The summed E-state index contributed by atoms with van der Waals surface area (Å²) in [7, 11) is 0. The summed E-state index contributed by atoms with van der Waals surface area (Å²) in [6.45, 7) is 2.19. The predicted octanol–water partition coefficient (Wildman–Crippen LogP) is 2.47. The first kappa shape index (κ1) is 16.0. The molecule has 0 unspecified atom stereocenters. The molecule has 0 atom stereocenters. The Morgan fingerprint density at radius 3 is 2.41 bits per heavy atom. The molecule has 27 heavy (non-hydrogen) atoms. The number of carbonyl (C=O) groups excluding carboxylic acids is 2. The van der Waals surface area contributed by atoms with Crippen molar-refractivity contribution >= 4 is 28.7 Å². The van der Waals surface area contributed by atoms with Crippen molar-refractivity contribution in [2.24, 2.45) is 5.92 Å². The third-order valence-corrected chi connectivity index (χ3v) is 5.57. The molecule has 5 rings (SSSR count). The van der Waals surface area contributed by atoms with Gasteiger partial charge in [-0.15, -0.1) is 0 Å². The SMILES string of the molecule is O=C1c2ccccc2C(=O)N1CC1CCN(c2ncnc3[nH]ccc23)CC1. The summed E-state index contributed by atoms with van der Waals surface area (Å²) in [6.07, 6.45) is 5.30. The predicted molar refractivity (Wildman–Crippen MR) is 101 cm³/mol. The minimum Gasteiger partial charge on any atom is -0.356 e. The van der Waals surface area contributed by atoms with E-state index < -0.39 is 0 Å². The van der Waals surface area contributed by atoms with Gasteiger partial charge < -0.3 is 9.88 Å². The van der Waals surface area contributed by atoms with Crippen molar-refractivity contribution in [3.63, 3.8) is 0 Å². The lowest BCUT2D eigenvalue weighted by atomic mass is 9.96. The fourth-order valence-electron chi connectivity index (χ4n) is 4.10. The van der Waals surface area contributed by atoms with Gasteiger partial charge in [-0.3, -0.25) is 14.5 Å². The molecular formula is C20H19N5O2. The van der Waals surface area contributed by atoms with Crippen LogP contribution in [-0.4, -0.2) is 51.3 Å². The highest BCUT2D eigenvalue weighted by molar-refractivity contribution is 6.21. The van der Waals surface area contributed by atoms with Crippen molar-refractivity contribution in [3.8, 4) is 0 Å². The number of aromatic amines is 1. The number of H-pyrrole nitrogens is 1. The smallest absolute Gasteiger partial charge is 0.261 e. The highest BCUT2D eigenvalue weighted by Gasteiger charge is 2.37. The molecule has 4 heterocycles. The minimum absolute atomic E-state index is 0.164. The van der Waals surface area contributed by atoms with E-state index in [1.807, 2.05) is 12.3 Å². The number of piperidine rings is 1. The molecule has 7 nitrogen and oxygen atoms in total. The zero-order valence-electron chi connectivity index (χ0n) is 14.8. The van der Waals surface area contributed by atoms with Crippen LogP contribution in [0.25, 0.3) is 11.0 Å². The number of imide groups is 1. The Morgan fingerprint density at radius 2 is 1.70 bits per heavy atom. The maximum atomic E-state index is 12.6. The molecule has 1 fully saturated rings. The molecule has 2 amide bonds. The Hall–Kier alpha value is -3.22. The van der Waals surface area contributed by atoms with E-state index in [1.54, 1.807) is 30.6 Å². The molecule has 1 N–H and O–H groups in total. The number of fused-ring (bicyclic) bond motifs is 2. The second-order valence-electron chi connectivity index (χ2n) is 7.13. The Labute approximate surface area is 156 Å². The van der Waals surface area contributed by atoms with Crippen LogP contribution in [0.5, 0.6) is 0 Å². The molecule has 0 aliphatic carbocycles. The molecule has 2 aromatic heterocycles. The van der Waals surface area contributed by atoms with Gasteiger partial charge in [-0.1, -0.05) is 12.1 Å². The van der Waals surface area contributed by atoms with E-state index in [4.69, 9.17) is 0 Å². The Balaban J connectivity index is 1.27. The average Bonchev–Trinajstić information content (AvgIpc) is 3.28. The first-order valence-electron chi connectivity index (χ1n) is 9.20. The van der Waals surface area contributed by atoms with Gasteiger partial charge in [0.1, 0.15) is 17.8 Å². The average molecular weight is 361 g/mol. The fourth-order valence-corrected chi connectivity index (χ4v) is 4.10. The topological polar surface area (TPSA) is 82.2 Å². The summed E-state index contributed by atoms with van der Waals surface area (Å²) in [5.41, 5.74) is 1.89. The minimum atomic E-state index is -0.164. The van der Waals surface area contributed by atoms with Crippen molar-refractivity contribution in [1.82, 2.24) is 19.9 Å². The zero-order chi connectivity index (χ0) is 18.4. The quantitative estimate of drug-likeness (QED) is 0.725. The van der Waals surface area contributed by atoms with Crippen LogP contribution in [0, 0.1) is 5.92 Å². The van der Waals surface area contributed by atoms with E-state index in [-0.39, 0.29) is 11.8 Å². The van der Waals surface area contributed by atoms with Crippen LogP contribution in [-0.2, 0) is 0 Å². The first-order valence-corrected chi connectivity index (χ1v) is 9.20. The lowest BCUT2D eigenvalue weighted by molar-refractivity contribution is 0.0621. The third kappa shape index (κ3) is 2.58. The van der Waals surface area contributed by atoms with Crippen LogP contribution < -0.4 is 4.90 Å².